The van der Waals surface area contributed by atoms with Crippen LogP contribution in [-0.4, -0.2) is 30.4 Å². The molecule has 0 aliphatic carbocycles. The molecule has 0 aliphatic rings. The molecule has 0 radical (unpaired) electrons. The fourth-order valence-corrected chi connectivity index (χ4v) is 2.23. The summed E-state index contributed by atoms with van der Waals surface area (Å²) in [5.41, 5.74) is 6.08. The van der Waals surface area contributed by atoms with Crippen molar-refractivity contribution in [1.29, 1.82) is 0 Å². The van der Waals surface area contributed by atoms with Gasteiger partial charge in [0.05, 0.1) is 17.5 Å². The normalized spacial score (nSPS) is 10.7. The predicted octanol–water partition coefficient (Wildman–Crippen LogP) is 3.68. The monoisotopic (exact) mass is 311 g/mol. The van der Waals surface area contributed by atoms with Crippen LogP contribution in [-0.2, 0) is 0 Å². The van der Waals surface area contributed by atoms with Gasteiger partial charge in [-0.25, -0.2) is 4.79 Å². The fourth-order valence-electron chi connectivity index (χ4n) is 2.23. The van der Waals surface area contributed by atoms with Crippen molar-refractivity contribution in [3.05, 3.63) is 59.7 Å². The van der Waals surface area contributed by atoms with Gasteiger partial charge in [-0.1, -0.05) is 12.1 Å². The third-order valence-corrected chi connectivity index (χ3v) is 3.56. The number of nitrogens with one attached hydrogen (secondary N) is 1. The molecule has 0 fully saturated rings. The molecule has 2 aromatic carbocycles. The van der Waals surface area contributed by atoms with Gasteiger partial charge in [0.2, 0.25) is 0 Å². The molecule has 0 unspecified atom stereocenters. The van der Waals surface area contributed by atoms with Crippen LogP contribution in [0.25, 0.3) is 0 Å². The van der Waals surface area contributed by atoms with Crippen LogP contribution in [0.4, 0.5) is 11.4 Å². The van der Waals surface area contributed by atoms with Crippen LogP contribution in [0.15, 0.2) is 53.6 Å². The van der Waals surface area contributed by atoms with E-state index in [1.165, 1.54) is 5.69 Å². The summed E-state index contributed by atoms with van der Waals surface area (Å²) in [6.45, 7) is 6.24. The summed E-state index contributed by atoms with van der Waals surface area (Å²) in [6, 6.07) is 14.7. The standard InChI is InChI=1S/C18H21N3O2/c1-3-21(4-2)17-11-5-14(6-12-17)13-19-20-16-9-7-15(8-10-16)18(22)23/h5-13,20H,3-4H2,1-2H3,(H,22,23)/b19-13+. The second-order valence-corrected chi connectivity index (χ2v) is 5.02. The molecule has 23 heavy (non-hydrogen) atoms. The number of hydrogen-bond acceptors (Lipinski definition) is 4. The highest BCUT2D eigenvalue weighted by atomic mass is 16.4. The molecule has 0 aliphatic heterocycles. The van der Waals surface area contributed by atoms with Gasteiger partial charge in [-0.15, -0.1) is 0 Å². The summed E-state index contributed by atoms with van der Waals surface area (Å²) in [5, 5.41) is 13.0. The van der Waals surface area contributed by atoms with E-state index in [4.69, 9.17) is 5.11 Å². The molecule has 0 amide bonds. The Balaban J connectivity index is 1.96. The van der Waals surface area contributed by atoms with Crippen LogP contribution in [0, 0.1) is 0 Å². The minimum absolute atomic E-state index is 0.256. The zero-order chi connectivity index (χ0) is 16.7. The molecule has 0 spiro atoms. The molecule has 2 rings (SSSR count). The Bertz CT molecular complexity index is 660. The maximum atomic E-state index is 10.8. The molecule has 5 nitrogen and oxygen atoms in total. The zero-order valence-electron chi connectivity index (χ0n) is 13.4. The van der Waals surface area contributed by atoms with E-state index in [2.05, 4.69) is 41.4 Å². The largest absolute Gasteiger partial charge is 0.478 e. The first-order chi connectivity index (χ1) is 11.1. The van der Waals surface area contributed by atoms with Gasteiger partial charge in [0.1, 0.15) is 0 Å². The van der Waals surface area contributed by atoms with Crippen molar-refractivity contribution < 1.29 is 9.90 Å². The summed E-state index contributed by atoms with van der Waals surface area (Å²) >= 11 is 0. The number of aromatic carboxylic acids is 1. The van der Waals surface area contributed by atoms with Crippen molar-refractivity contribution in [3.63, 3.8) is 0 Å². The van der Waals surface area contributed by atoms with Crippen molar-refractivity contribution in [1.82, 2.24) is 0 Å². The number of nitrogens with zero attached hydrogens (tertiary/aromatic N) is 2. The highest BCUT2D eigenvalue weighted by molar-refractivity contribution is 5.88. The summed E-state index contributed by atoms with van der Waals surface area (Å²) in [6.07, 6.45) is 1.73. The molecular formula is C18H21N3O2. The predicted molar refractivity (Wildman–Crippen MR) is 94.6 cm³/mol. The van der Waals surface area contributed by atoms with E-state index in [-0.39, 0.29) is 5.56 Å². The molecule has 0 heterocycles. The maximum Gasteiger partial charge on any atom is 0.335 e. The number of anilines is 2. The third-order valence-electron chi connectivity index (χ3n) is 3.56. The number of benzene rings is 2. The first-order valence-corrected chi connectivity index (χ1v) is 7.61. The Labute approximate surface area is 136 Å². The van der Waals surface area contributed by atoms with Gasteiger partial charge >= 0.3 is 5.97 Å². The average Bonchev–Trinajstić information content (AvgIpc) is 2.58. The molecule has 5 heteroatoms. The van der Waals surface area contributed by atoms with Crippen LogP contribution in [0.2, 0.25) is 0 Å². The Morgan fingerprint density at radius 3 is 2.22 bits per heavy atom. The lowest BCUT2D eigenvalue weighted by atomic mass is 10.2. The first kappa shape index (κ1) is 16.5. The minimum Gasteiger partial charge on any atom is -0.478 e. The fraction of sp³-hybridized carbons (Fsp3) is 0.222. The number of carboxylic acid groups (broad SMARTS) is 1. The number of hydrazone groups is 1. The summed E-state index contributed by atoms with van der Waals surface area (Å²) in [7, 11) is 0. The van der Waals surface area contributed by atoms with Crippen molar-refractivity contribution in [3.8, 4) is 0 Å². The summed E-state index contributed by atoms with van der Waals surface area (Å²) in [4.78, 5) is 13.1. The molecule has 2 N–H and O–H groups in total. The van der Waals surface area contributed by atoms with Gasteiger partial charge in [-0.3, -0.25) is 5.43 Å². The molecule has 120 valence electrons. The number of carbonyl (C=O) groups is 1. The van der Waals surface area contributed by atoms with Crippen molar-refractivity contribution in [2.24, 2.45) is 5.10 Å². The molecular weight excluding hydrogens is 290 g/mol. The smallest absolute Gasteiger partial charge is 0.335 e. The van der Waals surface area contributed by atoms with Crippen LogP contribution >= 0.6 is 0 Å². The molecule has 0 aromatic heterocycles. The molecule has 0 bridgehead atoms. The zero-order valence-corrected chi connectivity index (χ0v) is 13.4. The van der Waals surface area contributed by atoms with Crippen molar-refractivity contribution in [2.45, 2.75) is 13.8 Å². The molecule has 0 atom stereocenters. The molecule has 2 aromatic rings. The lowest BCUT2D eigenvalue weighted by molar-refractivity contribution is 0.0697. The number of rotatable bonds is 7. The van der Waals surface area contributed by atoms with Gasteiger partial charge < -0.3 is 10.0 Å². The highest BCUT2D eigenvalue weighted by Gasteiger charge is 2.01. The summed E-state index contributed by atoms with van der Waals surface area (Å²) in [5.74, 6) is -0.937. The van der Waals surface area contributed by atoms with Gasteiger partial charge in [0, 0.05) is 18.8 Å². The Kier molecular flexibility index (Phi) is 5.74. The third kappa shape index (κ3) is 4.57. The van der Waals surface area contributed by atoms with Gasteiger partial charge in [-0.2, -0.15) is 5.10 Å². The number of carboxylic acids is 1. The topological polar surface area (TPSA) is 64.9 Å². The average molecular weight is 311 g/mol. The van der Waals surface area contributed by atoms with Crippen LogP contribution in [0.3, 0.4) is 0 Å². The van der Waals surface area contributed by atoms with Gasteiger partial charge in [-0.05, 0) is 55.8 Å². The second kappa shape index (κ2) is 7.98. The van der Waals surface area contributed by atoms with E-state index in [0.29, 0.717) is 0 Å². The van der Waals surface area contributed by atoms with E-state index in [1.54, 1.807) is 30.5 Å². The SMILES string of the molecule is CCN(CC)c1ccc(/C=N/Nc2ccc(C(=O)O)cc2)cc1. The lowest BCUT2D eigenvalue weighted by Crippen LogP contribution is -2.21. The van der Waals surface area contributed by atoms with E-state index in [9.17, 15) is 4.79 Å². The number of hydrogen-bond donors (Lipinski definition) is 2. The highest BCUT2D eigenvalue weighted by Crippen LogP contribution is 2.14. The lowest BCUT2D eigenvalue weighted by Gasteiger charge is -2.20. The second-order valence-electron chi connectivity index (χ2n) is 5.02. The first-order valence-electron chi connectivity index (χ1n) is 7.61. The van der Waals surface area contributed by atoms with E-state index in [1.807, 2.05) is 12.1 Å². The van der Waals surface area contributed by atoms with Crippen LogP contribution < -0.4 is 10.3 Å². The van der Waals surface area contributed by atoms with E-state index < -0.39 is 5.97 Å². The van der Waals surface area contributed by atoms with Gasteiger partial charge in [0.15, 0.2) is 0 Å². The minimum atomic E-state index is -0.937. The Morgan fingerprint density at radius 1 is 1.09 bits per heavy atom. The van der Waals surface area contributed by atoms with E-state index in [0.717, 1.165) is 24.3 Å². The van der Waals surface area contributed by atoms with Crippen LogP contribution in [0.1, 0.15) is 29.8 Å². The summed E-state index contributed by atoms with van der Waals surface area (Å²) < 4.78 is 0. The van der Waals surface area contributed by atoms with Crippen molar-refractivity contribution in [2.75, 3.05) is 23.4 Å². The Hall–Kier alpha value is -2.82. The molecule has 0 saturated carbocycles. The van der Waals surface area contributed by atoms with Gasteiger partial charge in [0.25, 0.3) is 0 Å². The van der Waals surface area contributed by atoms with Crippen molar-refractivity contribution >= 4 is 23.6 Å². The van der Waals surface area contributed by atoms with E-state index >= 15 is 0 Å². The molecule has 0 saturated heterocycles. The maximum absolute atomic E-state index is 10.8. The van der Waals surface area contributed by atoms with Crippen LogP contribution in [0.5, 0.6) is 0 Å². The quantitative estimate of drug-likeness (QED) is 0.605. The Morgan fingerprint density at radius 2 is 1.70 bits per heavy atom.